The zero-order valence-corrected chi connectivity index (χ0v) is 11.3. The van der Waals surface area contributed by atoms with Crippen LogP contribution in [-0.4, -0.2) is 34.7 Å². The van der Waals surface area contributed by atoms with Crippen molar-refractivity contribution in [2.45, 2.75) is 58.3 Å². The van der Waals surface area contributed by atoms with E-state index in [2.05, 4.69) is 17.2 Å². The first-order valence-electron chi connectivity index (χ1n) is 6.09. The number of unbranched alkanes of at least 4 members (excludes halogenated alkanes) is 1. The van der Waals surface area contributed by atoms with E-state index >= 15 is 0 Å². The van der Waals surface area contributed by atoms with Crippen LogP contribution in [0.5, 0.6) is 0 Å². The van der Waals surface area contributed by atoms with Crippen molar-refractivity contribution in [1.82, 2.24) is 5.32 Å². The summed E-state index contributed by atoms with van der Waals surface area (Å²) < 4.78 is 4.99. The number of hydrogen-bond donors (Lipinski definition) is 3. The van der Waals surface area contributed by atoms with Crippen molar-refractivity contribution in [2.24, 2.45) is 0 Å². The minimum absolute atomic E-state index is 0.136. The molecule has 0 saturated heterocycles. The molecule has 5 nitrogen and oxygen atoms in total. The van der Waals surface area contributed by atoms with Gasteiger partial charge in [-0.3, -0.25) is 5.32 Å². The van der Waals surface area contributed by atoms with Crippen molar-refractivity contribution in [3.05, 3.63) is 0 Å². The number of carbonyl (C=O) groups excluding carboxylic acids is 1. The van der Waals surface area contributed by atoms with Gasteiger partial charge in [0.05, 0.1) is 0 Å². The number of rotatable bonds is 5. The smallest absolute Gasteiger partial charge is 0.409 e. The summed E-state index contributed by atoms with van der Waals surface area (Å²) in [6.07, 6.45) is 0.557. The lowest BCUT2D eigenvalue weighted by molar-refractivity contribution is 0.0347. The monoisotopic (exact) mass is 257 g/mol. The van der Waals surface area contributed by atoms with Crippen LogP contribution in [0.1, 0.15) is 46.5 Å². The van der Waals surface area contributed by atoms with Gasteiger partial charge in [-0.05, 0) is 27.2 Å². The highest BCUT2D eigenvalue weighted by atomic mass is 16.6. The Morgan fingerprint density at radius 1 is 1.33 bits per heavy atom. The van der Waals surface area contributed by atoms with Gasteiger partial charge >= 0.3 is 6.09 Å². The molecule has 1 unspecified atom stereocenters. The Morgan fingerprint density at radius 2 is 1.94 bits per heavy atom. The van der Waals surface area contributed by atoms with Crippen molar-refractivity contribution in [3.8, 4) is 11.8 Å². The topological polar surface area (TPSA) is 78.8 Å². The largest absolute Gasteiger partial charge is 0.444 e. The minimum Gasteiger partial charge on any atom is -0.444 e. The molecule has 1 atom stereocenters. The number of amides is 1. The predicted octanol–water partition coefficient (Wildman–Crippen LogP) is 1.39. The summed E-state index contributed by atoms with van der Waals surface area (Å²) in [7, 11) is 0. The summed E-state index contributed by atoms with van der Waals surface area (Å²) in [5.41, 5.74) is -0.575. The molecule has 3 N–H and O–H groups in total. The van der Waals surface area contributed by atoms with E-state index in [1.807, 2.05) is 0 Å². The van der Waals surface area contributed by atoms with E-state index in [9.17, 15) is 9.90 Å². The van der Waals surface area contributed by atoms with Gasteiger partial charge in [-0.1, -0.05) is 0 Å². The maximum Gasteiger partial charge on any atom is 0.409 e. The molecule has 0 saturated carbocycles. The van der Waals surface area contributed by atoms with Gasteiger partial charge in [-0.15, -0.1) is 11.8 Å². The van der Waals surface area contributed by atoms with Crippen LogP contribution in [0.3, 0.4) is 0 Å². The lowest BCUT2D eigenvalue weighted by Gasteiger charge is -2.21. The molecule has 0 aliphatic carbocycles. The van der Waals surface area contributed by atoms with Crippen LogP contribution < -0.4 is 5.32 Å². The van der Waals surface area contributed by atoms with E-state index < -0.39 is 17.9 Å². The van der Waals surface area contributed by atoms with Gasteiger partial charge in [0.15, 0.2) is 0 Å². The zero-order chi connectivity index (χ0) is 14.0. The Kier molecular flexibility index (Phi) is 8.17. The van der Waals surface area contributed by atoms with Crippen LogP contribution in [0.2, 0.25) is 0 Å². The normalized spacial score (nSPS) is 12.3. The van der Waals surface area contributed by atoms with Gasteiger partial charge in [-0.25, -0.2) is 4.79 Å². The van der Waals surface area contributed by atoms with Crippen molar-refractivity contribution in [1.29, 1.82) is 0 Å². The molecule has 0 aromatic rings. The Labute approximate surface area is 109 Å². The van der Waals surface area contributed by atoms with Crippen LogP contribution in [0.15, 0.2) is 0 Å². The lowest BCUT2D eigenvalue weighted by atomic mass is 10.2. The molecular formula is C13H23NO4. The van der Waals surface area contributed by atoms with E-state index in [4.69, 9.17) is 9.84 Å². The van der Waals surface area contributed by atoms with Crippen LogP contribution in [-0.2, 0) is 4.74 Å². The third kappa shape index (κ3) is 11.2. The molecule has 0 rings (SSSR count). The number of carbonyl (C=O) groups is 1. The fraction of sp³-hybridized carbons (Fsp3) is 0.769. The van der Waals surface area contributed by atoms with Crippen molar-refractivity contribution in [3.63, 3.8) is 0 Å². The molecule has 0 aromatic carbocycles. The summed E-state index contributed by atoms with van der Waals surface area (Å²) in [5, 5.41) is 20.4. The number of nitrogens with one attached hydrogen (secondary N) is 1. The van der Waals surface area contributed by atoms with Crippen LogP contribution >= 0.6 is 0 Å². The van der Waals surface area contributed by atoms with Gasteiger partial charge in [0, 0.05) is 25.9 Å². The van der Waals surface area contributed by atoms with E-state index in [1.165, 1.54) is 0 Å². The van der Waals surface area contributed by atoms with Crippen LogP contribution in [0.25, 0.3) is 0 Å². The van der Waals surface area contributed by atoms with Crippen LogP contribution in [0.4, 0.5) is 4.79 Å². The summed E-state index contributed by atoms with van der Waals surface area (Å²) in [6.45, 7) is 5.40. The first kappa shape index (κ1) is 16.8. The average Bonchev–Trinajstić information content (AvgIpc) is 2.20. The van der Waals surface area contributed by atoms with E-state index in [0.717, 1.165) is 0 Å². The third-order valence-corrected chi connectivity index (χ3v) is 1.81. The first-order chi connectivity index (χ1) is 8.35. The molecule has 104 valence electrons. The SMILES string of the molecule is CC(C)(C)OC(=O)NC(O)CCC#CCCCO. The lowest BCUT2D eigenvalue weighted by Crippen LogP contribution is -2.38. The van der Waals surface area contributed by atoms with Crippen molar-refractivity contribution in [2.75, 3.05) is 6.61 Å². The zero-order valence-electron chi connectivity index (χ0n) is 11.3. The molecule has 5 heteroatoms. The summed E-state index contributed by atoms with van der Waals surface area (Å²) >= 11 is 0. The van der Waals surface area contributed by atoms with Gasteiger partial charge < -0.3 is 14.9 Å². The first-order valence-corrected chi connectivity index (χ1v) is 6.09. The molecule has 1 amide bonds. The molecule has 0 aliphatic rings. The molecule has 0 aliphatic heterocycles. The fourth-order valence-corrected chi connectivity index (χ4v) is 1.07. The second-order valence-electron chi connectivity index (χ2n) is 4.88. The Bertz CT molecular complexity index is 298. The quantitative estimate of drug-likeness (QED) is 0.395. The summed E-state index contributed by atoms with van der Waals surface area (Å²) in [4.78, 5) is 11.3. The third-order valence-electron chi connectivity index (χ3n) is 1.81. The van der Waals surface area contributed by atoms with Gasteiger partial charge in [0.2, 0.25) is 0 Å². The van der Waals surface area contributed by atoms with Gasteiger partial charge in [0.1, 0.15) is 11.8 Å². The number of ether oxygens (including phenoxy) is 1. The molecule has 0 radical (unpaired) electrons. The molecular weight excluding hydrogens is 234 g/mol. The van der Waals surface area contributed by atoms with Crippen molar-refractivity contribution >= 4 is 6.09 Å². The molecule has 0 bridgehead atoms. The molecule has 0 aromatic heterocycles. The highest BCUT2D eigenvalue weighted by Gasteiger charge is 2.17. The van der Waals surface area contributed by atoms with Gasteiger partial charge in [0.25, 0.3) is 0 Å². The highest BCUT2D eigenvalue weighted by molar-refractivity contribution is 5.67. The summed E-state index contributed by atoms with van der Waals surface area (Å²) in [5.74, 6) is 5.73. The number of hydrogen-bond acceptors (Lipinski definition) is 4. The Balaban J connectivity index is 3.73. The predicted molar refractivity (Wildman–Crippen MR) is 68.7 cm³/mol. The molecule has 18 heavy (non-hydrogen) atoms. The van der Waals surface area contributed by atoms with E-state index in [1.54, 1.807) is 20.8 Å². The summed E-state index contributed by atoms with van der Waals surface area (Å²) in [6, 6.07) is 0. The van der Waals surface area contributed by atoms with Crippen LogP contribution in [0, 0.1) is 11.8 Å². The second kappa shape index (κ2) is 8.78. The maximum absolute atomic E-state index is 11.3. The standard InChI is InChI=1S/C13H23NO4/c1-13(2,3)18-12(17)14-11(16)9-7-5-4-6-8-10-15/h11,15-16H,6-10H2,1-3H3,(H,14,17). The van der Waals surface area contributed by atoms with Crippen molar-refractivity contribution < 1.29 is 19.7 Å². The second-order valence-corrected chi connectivity index (χ2v) is 4.88. The number of aliphatic hydroxyl groups excluding tert-OH is 2. The average molecular weight is 257 g/mol. The maximum atomic E-state index is 11.3. The Morgan fingerprint density at radius 3 is 2.50 bits per heavy atom. The number of aliphatic hydroxyl groups is 2. The minimum atomic E-state index is -0.952. The highest BCUT2D eigenvalue weighted by Crippen LogP contribution is 2.07. The van der Waals surface area contributed by atoms with E-state index in [0.29, 0.717) is 25.7 Å². The number of alkyl carbamates (subject to hydrolysis) is 1. The molecule has 0 spiro atoms. The molecule has 0 fully saturated rings. The fourth-order valence-electron chi connectivity index (χ4n) is 1.07. The Hall–Kier alpha value is -1.25. The van der Waals surface area contributed by atoms with E-state index in [-0.39, 0.29) is 6.61 Å². The molecule has 0 heterocycles. The van der Waals surface area contributed by atoms with Gasteiger partial charge in [-0.2, -0.15) is 0 Å².